The van der Waals surface area contributed by atoms with Gasteiger partial charge in [0.25, 0.3) is 11.8 Å². The number of thioether (sulfide) groups is 1. The molecule has 1 N–H and O–H groups in total. The summed E-state index contributed by atoms with van der Waals surface area (Å²) >= 11 is 8.32. The maximum Gasteiger partial charge on any atom is 0.285 e. The second kappa shape index (κ2) is 7.58. The van der Waals surface area contributed by atoms with Gasteiger partial charge in [-0.15, -0.1) is 0 Å². The number of hydrazine groups is 1. The maximum absolute atomic E-state index is 12.5. The van der Waals surface area contributed by atoms with Gasteiger partial charge >= 0.3 is 0 Å². The van der Waals surface area contributed by atoms with Crippen molar-refractivity contribution in [1.29, 1.82) is 0 Å². The highest BCUT2D eigenvalue weighted by Gasteiger charge is 2.34. The van der Waals surface area contributed by atoms with Crippen molar-refractivity contribution in [3.05, 3.63) is 56.4 Å². The van der Waals surface area contributed by atoms with Crippen LogP contribution >= 0.6 is 46.6 Å². The van der Waals surface area contributed by atoms with E-state index >= 15 is 0 Å². The molecule has 128 valence electrons. The number of hydrogen-bond acceptors (Lipinski definition) is 6. The van der Waals surface area contributed by atoms with Crippen molar-refractivity contribution in [3.63, 3.8) is 0 Å². The summed E-state index contributed by atoms with van der Waals surface area (Å²) in [6.45, 7) is 0. The molecule has 1 aliphatic rings. The minimum absolute atomic E-state index is 0.249. The molecule has 0 aliphatic carbocycles. The first-order valence-corrected chi connectivity index (χ1v) is 9.26. The number of thiocarbonyl (C=S) groups is 1. The quantitative estimate of drug-likeness (QED) is 0.406. The summed E-state index contributed by atoms with van der Waals surface area (Å²) in [5, 5.41) is 1.06. The van der Waals surface area contributed by atoms with Crippen molar-refractivity contribution in [1.82, 2.24) is 10.4 Å². The zero-order valence-electron chi connectivity index (χ0n) is 12.8. The summed E-state index contributed by atoms with van der Waals surface area (Å²) in [6.07, 6.45) is 1.60. The number of halogens is 1. The lowest BCUT2D eigenvalue weighted by molar-refractivity contribution is -0.123. The summed E-state index contributed by atoms with van der Waals surface area (Å²) in [5.74, 6) is 0.348. The van der Waals surface area contributed by atoms with Gasteiger partial charge in [-0.1, -0.05) is 11.8 Å². The van der Waals surface area contributed by atoms with Crippen LogP contribution in [-0.4, -0.2) is 28.3 Å². The summed E-state index contributed by atoms with van der Waals surface area (Å²) in [6, 6.07) is 10.1. The molecule has 9 heteroatoms. The molecule has 25 heavy (non-hydrogen) atoms. The normalized spacial score (nSPS) is 15.8. The smallest absolute Gasteiger partial charge is 0.285 e. The Bertz CT molecular complexity index is 877. The molecule has 0 bridgehead atoms. The van der Waals surface area contributed by atoms with Crippen molar-refractivity contribution in [2.45, 2.75) is 0 Å². The van der Waals surface area contributed by atoms with Gasteiger partial charge in [0.05, 0.1) is 12.0 Å². The van der Waals surface area contributed by atoms with E-state index in [-0.39, 0.29) is 4.32 Å². The summed E-state index contributed by atoms with van der Waals surface area (Å²) in [4.78, 5) is 25.2. The van der Waals surface area contributed by atoms with Crippen LogP contribution in [0.4, 0.5) is 0 Å². The van der Waals surface area contributed by atoms with E-state index in [4.69, 9.17) is 21.4 Å². The molecule has 0 saturated carbocycles. The molecule has 1 saturated heterocycles. The lowest BCUT2D eigenvalue weighted by Gasteiger charge is -2.15. The lowest BCUT2D eigenvalue weighted by atomic mass is 10.2. The Balaban J connectivity index is 1.74. The zero-order chi connectivity index (χ0) is 18.0. The number of methoxy groups -OCH3 is 1. The van der Waals surface area contributed by atoms with Gasteiger partial charge in [-0.3, -0.25) is 15.0 Å². The minimum Gasteiger partial charge on any atom is -0.497 e. The van der Waals surface area contributed by atoms with Crippen molar-refractivity contribution in [2.24, 2.45) is 0 Å². The number of furan rings is 1. The van der Waals surface area contributed by atoms with Gasteiger partial charge in [0.2, 0.25) is 0 Å². The fourth-order valence-corrected chi connectivity index (χ4v) is 3.60. The molecular weight excluding hydrogens is 475 g/mol. The SMILES string of the molecule is COc1ccc(C(=O)NN2C(=O)/C(=C/c3ccc(I)o3)SC2=S)cc1. The van der Waals surface area contributed by atoms with E-state index in [9.17, 15) is 9.59 Å². The van der Waals surface area contributed by atoms with Crippen molar-refractivity contribution < 1.29 is 18.7 Å². The van der Waals surface area contributed by atoms with Crippen LogP contribution in [0.25, 0.3) is 6.08 Å². The van der Waals surface area contributed by atoms with Crippen LogP contribution in [-0.2, 0) is 4.79 Å². The van der Waals surface area contributed by atoms with Gasteiger partial charge in [0, 0.05) is 11.6 Å². The predicted octanol–water partition coefficient (Wildman–Crippen LogP) is 3.44. The Hall–Kier alpha value is -1.85. The minimum atomic E-state index is -0.437. The number of carbonyl (C=O) groups excluding carboxylic acids is 2. The van der Waals surface area contributed by atoms with Crippen molar-refractivity contribution in [3.8, 4) is 5.75 Å². The van der Waals surface area contributed by atoms with Gasteiger partial charge in [-0.25, -0.2) is 0 Å². The molecule has 0 unspecified atom stereocenters. The van der Waals surface area contributed by atoms with E-state index < -0.39 is 11.8 Å². The molecule has 1 aromatic carbocycles. The number of ether oxygens (including phenoxy) is 1. The molecule has 2 heterocycles. The molecule has 1 aliphatic heterocycles. The molecule has 0 atom stereocenters. The van der Waals surface area contributed by atoms with E-state index in [1.807, 2.05) is 22.6 Å². The van der Waals surface area contributed by atoms with E-state index in [1.165, 1.54) is 0 Å². The van der Waals surface area contributed by atoms with Crippen LogP contribution in [0.15, 0.2) is 45.7 Å². The van der Waals surface area contributed by atoms with Gasteiger partial charge in [-0.2, -0.15) is 5.01 Å². The van der Waals surface area contributed by atoms with Crippen LogP contribution in [0.1, 0.15) is 16.1 Å². The number of rotatable bonds is 4. The highest BCUT2D eigenvalue weighted by Crippen LogP contribution is 2.31. The summed E-state index contributed by atoms with van der Waals surface area (Å²) < 4.78 is 11.4. The number of nitrogens with one attached hydrogen (secondary N) is 1. The Kier molecular flexibility index (Phi) is 5.45. The van der Waals surface area contributed by atoms with Crippen LogP contribution in [0.3, 0.4) is 0 Å². The number of benzene rings is 1. The maximum atomic E-state index is 12.5. The monoisotopic (exact) mass is 486 g/mol. The lowest BCUT2D eigenvalue weighted by Crippen LogP contribution is -2.44. The molecule has 2 aromatic rings. The second-order valence-electron chi connectivity index (χ2n) is 4.83. The number of amides is 2. The highest BCUT2D eigenvalue weighted by atomic mass is 127. The van der Waals surface area contributed by atoms with Crippen LogP contribution in [0.2, 0.25) is 0 Å². The van der Waals surface area contributed by atoms with Gasteiger partial charge in [0.1, 0.15) is 11.5 Å². The van der Waals surface area contributed by atoms with Gasteiger partial charge < -0.3 is 9.15 Å². The Labute approximate surface area is 166 Å². The van der Waals surface area contributed by atoms with Gasteiger partial charge in [0.15, 0.2) is 8.09 Å². The first kappa shape index (κ1) is 18.0. The van der Waals surface area contributed by atoms with Crippen molar-refractivity contribution in [2.75, 3.05) is 7.11 Å². The van der Waals surface area contributed by atoms with Crippen LogP contribution < -0.4 is 10.2 Å². The average Bonchev–Trinajstić information content (AvgIpc) is 3.13. The van der Waals surface area contributed by atoms with E-state index in [0.717, 1.165) is 16.8 Å². The fraction of sp³-hybridized carbons (Fsp3) is 0.0625. The molecule has 3 rings (SSSR count). The van der Waals surface area contributed by atoms with Gasteiger partial charge in [-0.05, 0) is 71.2 Å². The Morgan fingerprint density at radius 3 is 2.64 bits per heavy atom. The van der Waals surface area contributed by atoms with E-state index in [2.05, 4.69) is 5.43 Å². The standard InChI is InChI=1S/C16H11IN2O4S2/c1-22-10-4-2-9(3-5-10)14(20)18-19-15(21)12(25-16(19)24)8-11-6-7-13(17)23-11/h2-8H,1H3,(H,18,20)/b12-8-. The van der Waals surface area contributed by atoms with E-state index in [0.29, 0.717) is 25.7 Å². The number of hydrogen-bond donors (Lipinski definition) is 1. The molecule has 6 nitrogen and oxygen atoms in total. The largest absolute Gasteiger partial charge is 0.497 e. The summed E-state index contributed by atoms with van der Waals surface area (Å²) in [7, 11) is 1.54. The summed E-state index contributed by atoms with van der Waals surface area (Å²) in [5.41, 5.74) is 2.91. The Morgan fingerprint density at radius 2 is 2.04 bits per heavy atom. The first-order chi connectivity index (χ1) is 12.0. The predicted molar refractivity (Wildman–Crippen MR) is 107 cm³/mol. The fourth-order valence-electron chi connectivity index (χ4n) is 2.01. The molecular formula is C16H11IN2O4S2. The third-order valence-electron chi connectivity index (χ3n) is 3.23. The Morgan fingerprint density at radius 1 is 1.32 bits per heavy atom. The molecule has 2 amide bonds. The third-order valence-corrected chi connectivity index (χ3v) is 5.11. The molecule has 0 radical (unpaired) electrons. The second-order valence-corrected chi connectivity index (χ2v) is 7.57. The van der Waals surface area contributed by atoms with Crippen LogP contribution in [0, 0.1) is 3.77 Å². The number of nitrogens with zero attached hydrogens (tertiary/aromatic N) is 1. The van der Waals surface area contributed by atoms with Crippen molar-refractivity contribution >= 4 is 68.8 Å². The van der Waals surface area contributed by atoms with Crippen LogP contribution in [0.5, 0.6) is 5.75 Å². The molecule has 1 fully saturated rings. The molecule has 0 spiro atoms. The highest BCUT2D eigenvalue weighted by molar-refractivity contribution is 14.1. The molecule has 1 aromatic heterocycles. The third kappa shape index (κ3) is 4.05. The first-order valence-electron chi connectivity index (χ1n) is 6.96. The topological polar surface area (TPSA) is 71.8 Å². The number of carbonyl (C=O) groups is 2. The zero-order valence-corrected chi connectivity index (χ0v) is 16.6. The van der Waals surface area contributed by atoms with E-state index in [1.54, 1.807) is 49.6 Å². The average molecular weight is 486 g/mol.